The summed E-state index contributed by atoms with van der Waals surface area (Å²) in [6.07, 6.45) is 0.161. The molecule has 66 valence electrons. The molecule has 0 aliphatic heterocycles. The minimum Gasteiger partial charge on any atom is -0.369 e. The van der Waals surface area contributed by atoms with Crippen molar-refractivity contribution in [2.45, 2.75) is 6.42 Å². The zero-order valence-corrected chi connectivity index (χ0v) is 6.84. The number of nitrogens with two attached hydrogens (primary N) is 1. The summed E-state index contributed by atoms with van der Waals surface area (Å²) in [6, 6.07) is 6.75. The first kappa shape index (κ1) is 9.09. The van der Waals surface area contributed by atoms with Crippen molar-refractivity contribution in [1.82, 2.24) is 0 Å². The van der Waals surface area contributed by atoms with Crippen molar-refractivity contribution in [2.24, 2.45) is 10.8 Å². The van der Waals surface area contributed by atoms with Crippen LogP contribution in [0.3, 0.4) is 0 Å². The highest BCUT2D eigenvalue weighted by atomic mass is 16.1. The average Bonchev–Trinajstić information content (AvgIpc) is 2.04. The van der Waals surface area contributed by atoms with Gasteiger partial charge in [-0.25, -0.2) is 0 Å². The number of amides is 1. The van der Waals surface area contributed by atoms with Gasteiger partial charge in [0, 0.05) is 10.6 Å². The van der Waals surface area contributed by atoms with Gasteiger partial charge >= 0.3 is 0 Å². The normalized spacial score (nSPS) is 8.92. The van der Waals surface area contributed by atoms with Crippen LogP contribution in [0.25, 0.3) is 10.4 Å². The van der Waals surface area contributed by atoms with Gasteiger partial charge in [-0.3, -0.25) is 4.79 Å². The van der Waals surface area contributed by atoms with E-state index < -0.39 is 5.91 Å². The van der Waals surface area contributed by atoms with Crippen LogP contribution in [0.2, 0.25) is 0 Å². The number of primary amides is 1. The number of nitrogens with zero attached hydrogens (tertiary/aromatic N) is 3. The first-order valence-corrected chi connectivity index (χ1v) is 3.64. The number of benzene rings is 1. The molecule has 0 fully saturated rings. The number of carbonyl (C=O) groups excluding carboxylic acids is 1. The standard InChI is InChI=1S/C8H8N4O/c9-8(13)5-6-2-1-3-7(4-6)11-12-10/h1-4H,5H2,(H2,9,13). The van der Waals surface area contributed by atoms with Gasteiger partial charge in [-0.2, -0.15) is 0 Å². The second kappa shape index (κ2) is 4.13. The van der Waals surface area contributed by atoms with Crippen LogP contribution in [-0.2, 0) is 11.2 Å². The monoisotopic (exact) mass is 176 g/mol. The van der Waals surface area contributed by atoms with Gasteiger partial charge in [0.05, 0.1) is 6.42 Å². The topological polar surface area (TPSA) is 91.8 Å². The fourth-order valence-corrected chi connectivity index (χ4v) is 0.981. The Morgan fingerprint density at radius 2 is 2.38 bits per heavy atom. The van der Waals surface area contributed by atoms with E-state index in [1.54, 1.807) is 24.3 Å². The highest BCUT2D eigenvalue weighted by Gasteiger charge is 1.98. The smallest absolute Gasteiger partial charge is 0.221 e. The van der Waals surface area contributed by atoms with E-state index in [1.807, 2.05) is 0 Å². The van der Waals surface area contributed by atoms with Crippen molar-refractivity contribution >= 4 is 11.6 Å². The Labute approximate surface area is 74.8 Å². The van der Waals surface area contributed by atoms with Gasteiger partial charge < -0.3 is 5.73 Å². The molecular formula is C8H8N4O. The van der Waals surface area contributed by atoms with E-state index >= 15 is 0 Å². The first-order chi connectivity index (χ1) is 6.22. The Hall–Kier alpha value is -2.00. The minimum atomic E-state index is -0.405. The quantitative estimate of drug-likeness (QED) is 0.423. The molecule has 0 aliphatic carbocycles. The van der Waals surface area contributed by atoms with Crippen molar-refractivity contribution in [3.63, 3.8) is 0 Å². The predicted molar refractivity (Wildman–Crippen MR) is 48.1 cm³/mol. The van der Waals surface area contributed by atoms with Gasteiger partial charge in [0.15, 0.2) is 0 Å². The molecule has 0 aromatic heterocycles. The van der Waals surface area contributed by atoms with E-state index in [2.05, 4.69) is 10.0 Å². The number of rotatable bonds is 3. The van der Waals surface area contributed by atoms with Crippen LogP contribution in [0.1, 0.15) is 5.56 Å². The Balaban J connectivity index is 2.91. The lowest BCUT2D eigenvalue weighted by molar-refractivity contribution is -0.117. The molecule has 0 heterocycles. The fraction of sp³-hybridized carbons (Fsp3) is 0.125. The van der Waals surface area contributed by atoms with Gasteiger partial charge in [0.1, 0.15) is 0 Å². The predicted octanol–water partition coefficient (Wildman–Crippen LogP) is 1.66. The lowest BCUT2D eigenvalue weighted by Crippen LogP contribution is -2.13. The Morgan fingerprint density at radius 1 is 1.62 bits per heavy atom. The minimum absolute atomic E-state index is 0.161. The highest BCUT2D eigenvalue weighted by Crippen LogP contribution is 2.14. The van der Waals surface area contributed by atoms with Crippen molar-refractivity contribution < 1.29 is 4.79 Å². The fourth-order valence-electron chi connectivity index (χ4n) is 0.981. The molecule has 0 aliphatic rings. The summed E-state index contributed by atoms with van der Waals surface area (Å²) < 4.78 is 0. The second-order valence-electron chi connectivity index (χ2n) is 2.50. The van der Waals surface area contributed by atoms with Crippen LogP contribution >= 0.6 is 0 Å². The largest absolute Gasteiger partial charge is 0.369 e. The summed E-state index contributed by atoms with van der Waals surface area (Å²) in [5, 5.41) is 3.40. The van der Waals surface area contributed by atoms with E-state index in [0.29, 0.717) is 5.69 Å². The third-order valence-corrected chi connectivity index (χ3v) is 1.45. The van der Waals surface area contributed by atoms with Gasteiger partial charge in [0.2, 0.25) is 5.91 Å². The summed E-state index contributed by atoms with van der Waals surface area (Å²) in [6.45, 7) is 0. The molecule has 13 heavy (non-hydrogen) atoms. The summed E-state index contributed by atoms with van der Waals surface area (Å²) in [7, 11) is 0. The van der Waals surface area contributed by atoms with Crippen molar-refractivity contribution in [1.29, 1.82) is 0 Å². The summed E-state index contributed by atoms with van der Waals surface area (Å²) in [4.78, 5) is 13.2. The number of hydrogen-bond donors (Lipinski definition) is 1. The molecule has 0 atom stereocenters. The molecule has 0 unspecified atom stereocenters. The first-order valence-electron chi connectivity index (χ1n) is 3.64. The zero-order chi connectivity index (χ0) is 9.68. The maximum atomic E-state index is 10.6. The van der Waals surface area contributed by atoms with E-state index in [-0.39, 0.29) is 6.42 Å². The lowest BCUT2D eigenvalue weighted by atomic mass is 10.1. The Morgan fingerprint density at radius 3 is 3.00 bits per heavy atom. The number of hydrogen-bond acceptors (Lipinski definition) is 2. The Bertz CT molecular complexity index is 368. The highest BCUT2D eigenvalue weighted by molar-refractivity contribution is 5.76. The van der Waals surface area contributed by atoms with Crippen LogP contribution < -0.4 is 5.73 Å². The molecule has 1 aromatic carbocycles. The van der Waals surface area contributed by atoms with Crippen LogP contribution in [0.15, 0.2) is 29.4 Å². The summed E-state index contributed by atoms with van der Waals surface area (Å²) in [5.74, 6) is -0.405. The van der Waals surface area contributed by atoms with Crippen molar-refractivity contribution in [3.8, 4) is 0 Å². The van der Waals surface area contributed by atoms with E-state index in [1.165, 1.54) is 0 Å². The molecule has 5 heteroatoms. The van der Waals surface area contributed by atoms with Gasteiger partial charge in [-0.05, 0) is 17.2 Å². The van der Waals surface area contributed by atoms with E-state index in [9.17, 15) is 4.79 Å². The molecule has 0 saturated heterocycles. The van der Waals surface area contributed by atoms with E-state index in [4.69, 9.17) is 11.3 Å². The number of carbonyl (C=O) groups is 1. The maximum absolute atomic E-state index is 10.6. The number of azide groups is 1. The third kappa shape index (κ3) is 2.84. The molecule has 1 amide bonds. The van der Waals surface area contributed by atoms with Gasteiger partial charge in [-0.1, -0.05) is 23.3 Å². The van der Waals surface area contributed by atoms with E-state index in [0.717, 1.165) is 5.56 Å². The van der Waals surface area contributed by atoms with Crippen LogP contribution in [-0.4, -0.2) is 5.91 Å². The third-order valence-electron chi connectivity index (χ3n) is 1.45. The second-order valence-corrected chi connectivity index (χ2v) is 2.50. The Kier molecular flexibility index (Phi) is 2.89. The molecule has 1 rings (SSSR count). The molecular weight excluding hydrogens is 168 g/mol. The van der Waals surface area contributed by atoms with Crippen LogP contribution in [0, 0.1) is 0 Å². The molecule has 2 N–H and O–H groups in total. The molecule has 0 bridgehead atoms. The van der Waals surface area contributed by atoms with Crippen LogP contribution in [0.4, 0.5) is 5.69 Å². The molecule has 0 saturated carbocycles. The SMILES string of the molecule is [N-]=[N+]=Nc1cccc(CC(N)=O)c1. The summed E-state index contributed by atoms with van der Waals surface area (Å²) >= 11 is 0. The lowest BCUT2D eigenvalue weighted by Gasteiger charge is -1.97. The molecule has 0 spiro atoms. The molecule has 0 radical (unpaired) electrons. The molecule has 1 aromatic rings. The van der Waals surface area contributed by atoms with Gasteiger partial charge in [-0.15, -0.1) is 0 Å². The zero-order valence-electron chi connectivity index (χ0n) is 6.84. The maximum Gasteiger partial charge on any atom is 0.221 e. The molecule has 5 nitrogen and oxygen atoms in total. The van der Waals surface area contributed by atoms with Gasteiger partial charge in [0.25, 0.3) is 0 Å². The van der Waals surface area contributed by atoms with Crippen molar-refractivity contribution in [2.75, 3.05) is 0 Å². The van der Waals surface area contributed by atoms with Crippen molar-refractivity contribution in [3.05, 3.63) is 40.3 Å². The van der Waals surface area contributed by atoms with Crippen LogP contribution in [0.5, 0.6) is 0 Å². The summed E-state index contributed by atoms with van der Waals surface area (Å²) in [5.41, 5.74) is 14.4. The average molecular weight is 176 g/mol.